The molecular weight excluding hydrogens is 612 g/mol. The van der Waals surface area contributed by atoms with Crippen LogP contribution >= 0.6 is 0 Å². The molecule has 7 aromatic rings. The van der Waals surface area contributed by atoms with Crippen molar-refractivity contribution in [1.29, 1.82) is 0 Å². The molecule has 0 saturated heterocycles. The van der Waals surface area contributed by atoms with Gasteiger partial charge in [0.2, 0.25) is 11.9 Å². The number of aryl methyl sites for hydroxylation is 3. The summed E-state index contributed by atoms with van der Waals surface area (Å²) >= 11 is 0. The Hall–Kier alpha value is -6.68. The SMILES string of the molecule is Cc1ccc(Nc2nc(O)nc(Nc3ccc(C)c(Nc4cc(-c5ccccc5)c5nc(C)nc6c5c4C(=O)c4ccccc4-6)c3)n2)cc1. The summed E-state index contributed by atoms with van der Waals surface area (Å²) in [7, 11) is 0. The van der Waals surface area contributed by atoms with E-state index in [2.05, 4.69) is 30.9 Å². The molecule has 0 radical (unpaired) electrons. The van der Waals surface area contributed by atoms with Crippen LogP contribution in [0.5, 0.6) is 6.01 Å². The number of nitrogens with zero attached hydrogens (tertiary/aromatic N) is 5. The zero-order valence-electron chi connectivity index (χ0n) is 26.9. The van der Waals surface area contributed by atoms with Gasteiger partial charge in [0, 0.05) is 39.1 Å². The third kappa shape index (κ3) is 5.55. The molecule has 5 aromatic carbocycles. The Morgan fingerprint density at radius 1 is 0.592 bits per heavy atom. The van der Waals surface area contributed by atoms with Crippen molar-refractivity contribution >= 4 is 51.3 Å². The highest BCUT2D eigenvalue weighted by atomic mass is 16.3. The lowest BCUT2D eigenvalue weighted by Crippen LogP contribution is -2.15. The summed E-state index contributed by atoms with van der Waals surface area (Å²) in [4.78, 5) is 36.6. The molecule has 0 amide bonds. The average Bonchev–Trinajstić information content (AvgIpc) is 3.10. The Balaban J connectivity index is 1.22. The number of rotatable bonds is 7. The highest BCUT2D eigenvalue weighted by molar-refractivity contribution is 6.29. The first-order chi connectivity index (χ1) is 23.8. The lowest BCUT2D eigenvalue weighted by molar-refractivity contribution is 0.104. The summed E-state index contributed by atoms with van der Waals surface area (Å²) in [6.07, 6.45) is 0. The van der Waals surface area contributed by atoms with E-state index in [1.165, 1.54) is 0 Å². The van der Waals surface area contributed by atoms with Gasteiger partial charge >= 0.3 is 6.01 Å². The number of aromatic nitrogens is 5. The molecule has 10 nitrogen and oxygen atoms in total. The first-order valence-electron chi connectivity index (χ1n) is 15.8. The summed E-state index contributed by atoms with van der Waals surface area (Å²) in [5.41, 5.74) is 10.2. The predicted octanol–water partition coefficient (Wildman–Crippen LogP) is 8.55. The first-order valence-corrected chi connectivity index (χ1v) is 15.8. The second-order valence-electron chi connectivity index (χ2n) is 12.0. The maximum Gasteiger partial charge on any atom is 0.320 e. The minimum atomic E-state index is -0.423. The number of fused-ring (bicyclic) bond motifs is 2. The van der Waals surface area contributed by atoms with Crippen LogP contribution in [0.2, 0.25) is 0 Å². The number of benzene rings is 5. The van der Waals surface area contributed by atoms with Crippen molar-refractivity contribution in [1.82, 2.24) is 24.9 Å². The van der Waals surface area contributed by atoms with E-state index in [1.54, 1.807) is 0 Å². The van der Waals surface area contributed by atoms with Gasteiger partial charge in [-0.3, -0.25) is 4.79 Å². The van der Waals surface area contributed by atoms with Gasteiger partial charge in [-0.2, -0.15) is 15.0 Å². The van der Waals surface area contributed by atoms with Crippen molar-refractivity contribution in [2.75, 3.05) is 16.0 Å². The van der Waals surface area contributed by atoms with Crippen LogP contribution < -0.4 is 16.0 Å². The van der Waals surface area contributed by atoms with Gasteiger partial charge in [0.05, 0.1) is 22.5 Å². The van der Waals surface area contributed by atoms with E-state index in [1.807, 2.05) is 124 Å². The minimum Gasteiger partial charge on any atom is -0.479 e. The standard InChI is InChI=1S/C39H30N8O2/c1-21-13-16-25(17-14-21)42-37-45-38(47-39(49)46-37)43-26-18-15-22(2)30(19-26)44-31-20-29(24-9-5-4-6-10-24)35-33-32(31)36(48)28-12-8-7-11-27(28)34(33)40-23(3)41-35/h4-20,44H,1-3H3,(H3,42,43,45,46,47,49). The number of carbonyl (C=O) groups excluding carboxylic acids is 1. The molecule has 10 heteroatoms. The molecule has 2 aromatic heterocycles. The van der Waals surface area contributed by atoms with Crippen LogP contribution in [-0.2, 0) is 0 Å². The van der Waals surface area contributed by atoms with E-state index in [9.17, 15) is 9.90 Å². The van der Waals surface area contributed by atoms with Crippen LogP contribution in [0.25, 0.3) is 33.3 Å². The van der Waals surface area contributed by atoms with E-state index in [4.69, 9.17) is 9.97 Å². The van der Waals surface area contributed by atoms with Gasteiger partial charge in [-0.15, -0.1) is 0 Å². The molecule has 0 aliphatic heterocycles. The zero-order chi connectivity index (χ0) is 33.6. The number of carbonyl (C=O) groups is 1. The molecule has 0 fully saturated rings. The third-order valence-electron chi connectivity index (χ3n) is 8.52. The normalized spacial score (nSPS) is 11.7. The molecule has 8 rings (SSSR count). The lowest BCUT2D eigenvalue weighted by Gasteiger charge is -2.24. The van der Waals surface area contributed by atoms with E-state index >= 15 is 0 Å². The number of ketones is 1. The average molecular weight is 643 g/mol. The smallest absolute Gasteiger partial charge is 0.320 e. The minimum absolute atomic E-state index is 0.0936. The Morgan fingerprint density at radius 3 is 2.02 bits per heavy atom. The van der Waals surface area contributed by atoms with Gasteiger partial charge in [0.25, 0.3) is 0 Å². The summed E-state index contributed by atoms with van der Waals surface area (Å²) < 4.78 is 0. The third-order valence-corrected chi connectivity index (χ3v) is 8.52. The maximum absolute atomic E-state index is 14.3. The molecular formula is C39H30N8O2. The largest absolute Gasteiger partial charge is 0.479 e. The fraction of sp³-hybridized carbons (Fsp3) is 0.0769. The van der Waals surface area contributed by atoms with Crippen molar-refractivity contribution in [2.45, 2.75) is 20.8 Å². The van der Waals surface area contributed by atoms with Crippen molar-refractivity contribution in [3.05, 3.63) is 131 Å². The molecule has 0 atom stereocenters. The van der Waals surface area contributed by atoms with Crippen LogP contribution in [0.4, 0.5) is 34.6 Å². The van der Waals surface area contributed by atoms with Crippen molar-refractivity contribution in [3.8, 4) is 28.4 Å². The summed E-state index contributed by atoms with van der Waals surface area (Å²) in [5, 5.41) is 20.9. The predicted molar refractivity (Wildman–Crippen MR) is 192 cm³/mol. The number of hydrogen-bond acceptors (Lipinski definition) is 10. The summed E-state index contributed by atoms with van der Waals surface area (Å²) in [5.74, 6) is 0.892. The van der Waals surface area contributed by atoms with E-state index in [0.717, 1.165) is 55.8 Å². The van der Waals surface area contributed by atoms with Crippen molar-refractivity contribution < 1.29 is 9.90 Å². The van der Waals surface area contributed by atoms with E-state index in [0.29, 0.717) is 28.3 Å². The summed E-state index contributed by atoms with van der Waals surface area (Å²) in [6, 6.07) is 32.7. The first kappa shape index (κ1) is 29.7. The molecule has 1 aliphatic carbocycles. The van der Waals surface area contributed by atoms with Gasteiger partial charge in [0.1, 0.15) is 5.82 Å². The molecule has 1 aliphatic rings. The quantitative estimate of drug-likeness (QED) is 0.134. The topological polar surface area (TPSA) is 138 Å². The molecule has 0 spiro atoms. The summed E-state index contributed by atoms with van der Waals surface area (Å²) in [6.45, 7) is 5.88. The fourth-order valence-electron chi connectivity index (χ4n) is 6.16. The van der Waals surface area contributed by atoms with Gasteiger partial charge in [-0.1, -0.05) is 78.4 Å². The highest BCUT2D eigenvalue weighted by Crippen LogP contribution is 2.45. The second kappa shape index (κ2) is 11.8. The second-order valence-corrected chi connectivity index (χ2v) is 12.0. The molecule has 4 N–H and O–H groups in total. The van der Waals surface area contributed by atoms with Crippen LogP contribution in [-0.4, -0.2) is 35.8 Å². The van der Waals surface area contributed by atoms with Gasteiger partial charge in [0.15, 0.2) is 5.78 Å². The number of hydrogen-bond donors (Lipinski definition) is 4. The number of anilines is 6. The maximum atomic E-state index is 14.3. The van der Waals surface area contributed by atoms with Crippen LogP contribution in [0.15, 0.2) is 103 Å². The Morgan fingerprint density at radius 2 is 1.27 bits per heavy atom. The molecule has 0 unspecified atom stereocenters. The molecule has 2 heterocycles. The van der Waals surface area contributed by atoms with E-state index in [-0.39, 0.29) is 17.7 Å². The Bertz CT molecular complexity index is 2430. The fourth-order valence-corrected chi connectivity index (χ4v) is 6.16. The molecule has 0 bridgehead atoms. The van der Waals surface area contributed by atoms with Crippen LogP contribution in [0, 0.1) is 20.8 Å². The van der Waals surface area contributed by atoms with Gasteiger partial charge in [-0.25, -0.2) is 9.97 Å². The molecule has 49 heavy (non-hydrogen) atoms. The van der Waals surface area contributed by atoms with Gasteiger partial charge < -0.3 is 21.1 Å². The number of aromatic hydroxyl groups is 1. The Kier molecular flexibility index (Phi) is 7.18. The molecule has 0 saturated carbocycles. The monoisotopic (exact) mass is 642 g/mol. The van der Waals surface area contributed by atoms with Gasteiger partial charge in [-0.05, 0) is 62.2 Å². The highest BCUT2D eigenvalue weighted by Gasteiger charge is 2.31. The van der Waals surface area contributed by atoms with Crippen molar-refractivity contribution in [3.63, 3.8) is 0 Å². The zero-order valence-corrected chi connectivity index (χ0v) is 26.9. The van der Waals surface area contributed by atoms with E-state index < -0.39 is 6.01 Å². The lowest BCUT2D eigenvalue weighted by atomic mass is 9.83. The number of nitrogens with one attached hydrogen (secondary N) is 3. The van der Waals surface area contributed by atoms with Crippen molar-refractivity contribution in [2.24, 2.45) is 0 Å². The van der Waals surface area contributed by atoms with Crippen LogP contribution in [0.1, 0.15) is 32.9 Å². The molecule has 238 valence electrons. The Labute approximate surface area is 282 Å². The van der Waals surface area contributed by atoms with Crippen LogP contribution in [0.3, 0.4) is 0 Å².